The minimum Gasteiger partial charge on any atom is -0.381 e. The maximum Gasteiger partial charge on any atom is 0.0540 e. The zero-order valence-corrected chi connectivity index (χ0v) is 13.1. The fourth-order valence-electron chi connectivity index (χ4n) is 3.05. The molecule has 3 heteroatoms. The zero-order chi connectivity index (χ0) is 13.2. The Bertz CT molecular complexity index is 398. The van der Waals surface area contributed by atoms with Crippen molar-refractivity contribution in [1.29, 1.82) is 0 Å². The number of aromatic nitrogens is 1. The molecule has 1 fully saturated rings. The van der Waals surface area contributed by atoms with E-state index < -0.39 is 0 Å². The number of nitrogens with one attached hydrogen (secondary N) is 1. The Morgan fingerprint density at radius 3 is 2.61 bits per heavy atom. The van der Waals surface area contributed by atoms with E-state index in [1.54, 1.807) is 0 Å². The van der Waals surface area contributed by atoms with Gasteiger partial charge in [-0.25, -0.2) is 0 Å². The van der Waals surface area contributed by atoms with Crippen LogP contribution in [0.4, 0.5) is 5.69 Å². The summed E-state index contributed by atoms with van der Waals surface area (Å²) in [5, 5.41) is 3.69. The van der Waals surface area contributed by atoms with Gasteiger partial charge in [-0.05, 0) is 46.2 Å². The molecule has 0 saturated heterocycles. The van der Waals surface area contributed by atoms with Crippen LogP contribution in [0.5, 0.6) is 0 Å². The fraction of sp³-hybridized carbons (Fsp3) is 0.667. The van der Waals surface area contributed by atoms with E-state index in [1.165, 1.54) is 25.7 Å². The number of anilines is 1. The van der Waals surface area contributed by atoms with E-state index in [0.717, 1.165) is 16.1 Å². The van der Waals surface area contributed by atoms with Crippen LogP contribution in [0.15, 0.2) is 22.9 Å². The van der Waals surface area contributed by atoms with Crippen molar-refractivity contribution in [2.45, 2.75) is 52.5 Å². The monoisotopic (exact) mass is 310 g/mol. The molecule has 18 heavy (non-hydrogen) atoms. The lowest BCUT2D eigenvalue weighted by molar-refractivity contribution is 0.163. The van der Waals surface area contributed by atoms with Crippen molar-refractivity contribution in [3.63, 3.8) is 0 Å². The highest BCUT2D eigenvalue weighted by molar-refractivity contribution is 9.10. The third kappa shape index (κ3) is 3.47. The van der Waals surface area contributed by atoms with Crippen molar-refractivity contribution in [3.8, 4) is 0 Å². The van der Waals surface area contributed by atoms with E-state index in [-0.39, 0.29) is 0 Å². The van der Waals surface area contributed by atoms with Gasteiger partial charge in [0, 0.05) is 16.7 Å². The van der Waals surface area contributed by atoms with E-state index in [0.29, 0.717) is 11.5 Å². The average molecular weight is 311 g/mol. The van der Waals surface area contributed by atoms with Crippen LogP contribution >= 0.6 is 15.9 Å². The molecule has 2 unspecified atom stereocenters. The molecular formula is C15H23BrN2. The number of halogens is 1. The third-order valence-electron chi connectivity index (χ3n) is 3.94. The van der Waals surface area contributed by atoms with Crippen LogP contribution in [0, 0.1) is 11.3 Å². The van der Waals surface area contributed by atoms with Gasteiger partial charge in [0.05, 0.1) is 11.9 Å². The third-order valence-corrected chi connectivity index (χ3v) is 4.37. The number of nitrogens with zero attached hydrogens (tertiary/aromatic N) is 1. The first-order valence-corrected chi connectivity index (χ1v) is 7.63. The Balaban J connectivity index is 2.10. The second-order valence-electron chi connectivity index (χ2n) is 6.40. The van der Waals surface area contributed by atoms with Crippen LogP contribution in [0.3, 0.4) is 0 Å². The van der Waals surface area contributed by atoms with Gasteiger partial charge in [0.25, 0.3) is 0 Å². The van der Waals surface area contributed by atoms with Crippen molar-refractivity contribution in [3.05, 3.63) is 22.9 Å². The largest absolute Gasteiger partial charge is 0.381 e. The Morgan fingerprint density at radius 1 is 1.22 bits per heavy atom. The lowest BCUT2D eigenvalue weighted by Gasteiger charge is -2.41. The van der Waals surface area contributed by atoms with Gasteiger partial charge in [-0.15, -0.1) is 0 Å². The normalized spacial score (nSPS) is 24.9. The molecule has 1 aliphatic carbocycles. The van der Waals surface area contributed by atoms with Crippen molar-refractivity contribution >= 4 is 21.6 Å². The van der Waals surface area contributed by atoms with Crippen LogP contribution in [0.1, 0.15) is 46.5 Å². The zero-order valence-electron chi connectivity index (χ0n) is 11.5. The first-order valence-electron chi connectivity index (χ1n) is 6.84. The van der Waals surface area contributed by atoms with Gasteiger partial charge in [0.1, 0.15) is 0 Å². The lowest BCUT2D eigenvalue weighted by atomic mass is 9.69. The molecule has 0 radical (unpaired) electrons. The van der Waals surface area contributed by atoms with E-state index >= 15 is 0 Å². The minimum absolute atomic E-state index is 0.373. The van der Waals surface area contributed by atoms with Gasteiger partial charge in [0.2, 0.25) is 0 Å². The smallest absolute Gasteiger partial charge is 0.0540 e. The van der Waals surface area contributed by atoms with Crippen molar-refractivity contribution in [2.75, 3.05) is 5.32 Å². The molecule has 0 bridgehead atoms. The van der Waals surface area contributed by atoms with Gasteiger partial charge in [-0.1, -0.05) is 33.6 Å². The van der Waals surface area contributed by atoms with Gasteiger partial charge in [0.15, 0.2) is 0 Å². The van der Waals surface area contributed by atoms with Gasteiger partial charge < -0.3 is 5.32 Å². The summed E-state index contributed by atoms with van der Waals surface area (Å²) in [6.07, 6.45) is 9.06. The first-order chi connectivity index (χ1) is 8.47. The van der Waals surface area contributed by atoms with E-state index in [2.05, 4.69) is 53.1 Å². The predicted molar refractivity (Wildman–Crippen MR) is 80.8 cm³/mol. The van der Waals surface area contributed by atoms with Crippen molar-refractivity contribution < 1.29 is 0 Å². The van der Waals surface area contributed by atoms with Gasteiger partial charge in [-0.2, -0.15) is 0 Å². The van der Waals surface area contributed by atoms with Crippen LogP contribution in [0.2, 0.25) is 0 Å². The Morgan fingerprint density at radius 2 is 1.94 bits per heavy atom. The van der Waals surface area contributed by atoms with E-state index in [1.807, 2.05) is 12.4 Å². The van der Waals surface area contributed by atoms with Crippen LogP contribution < -0.4 is 5.32 Å². The summed E-state index contributed by atoms with van der Waals surface area (Å²) in [7, 11) is 0. The second-order valence-corrected chi connectivity index (χ2v) is 7.32. The molecule has 0 aromatic carbocycles. The summed E-state index contributed by atoms with van der Waals surface area (Å²) < 4.78 is 1.04. The first kappa shape index (κ1) is 13.9. The number of hydrogen-bond acceptors (Lipinski definition) is 2. The number of hydrogen-bond donors (Lipinski definition) is 1. The molecular weight excluding hydrogens is 288 g/mol. The summed E-state index contributed by atoms with van der Waals surface area (Å²) in [5.74, 6) is 0.741. The quantitative estimate of drug-likeness (QED) is 0.843. The van der Waals surface area contributed by atoms with E-state index in [4.69, 9.17) is 0 Å². The Kier molecular flexibility index (Phi) is 4.31. The Labute approximate surface area is 119 Å². The standard InChI is InChI=1S/C15H23BrN2/c1-15(2,3)13-6-4-5-7-14(13)18-12-8-11(16)9-17-10-12/h8-10,13-14,18H,4-7H2,1-3H3. The molecule has 0 amide bonds. The summed E-state index contributed by atoms with van der Waals surface area (Å²) in [6, 6.07) is 2.69. The Hall–Kier alpha value is -0.570. The second kappa shape index (κ2) is 5.60. The summed E-state index contributed by atoms with van der Waals surface area (Å²) in [5.41, 5.74) is 1.50. The molecule has 0 spiro atoms. The molecule has 1 saturated carbocycles. The SMILES string of the molecule is CC(C)(C)C1CCCCC1Nc1cncc(Br)c1. The maximum atomic E-state index is 4.23. The minimum atomic E-state index is 0.373. The molecule has 100 valence electrons. The summed E-state index contributed by atoms with van der Waals surface area (Å²) in [4.78, 5) is 4.23. The van der Waals surface area contributed by atoms with Crippen molar-refractivity contribution in [1.82, 2.24) is 4.98 Å². The van der Waals surface area contributed by atoms with Gasteiger partial charge in [-0.3, -0.25) is 4.98 Å². The molecule has 1 aliphatic rings. The molecule has 1 heterocycles. The lowest BCUT2D eigenvalue weighted by Crippen LogP contribution is -2.39. The highest BCUT2D eigenvalue weighted by Gasteiger charge is 2.33. The van der Waals surface area contributed by atoms with Crippen LogP contribution in [0.25, 0.3) is 0 Å². The summed E-state index contributed by atoms with van der Waals surface area (Å²) >= 11 is 3.48. The highest BCUT2D eigenvalue weighted by Crippen LogP contribution is 2.39. The number of rotatable bonds is 2. The molecule has 2 nitrogen and oxygen atoms in total. The fourth-order valence-corrected chi connectivity index (χ4v) is 3.41. The van der Waals surface area contributed by atoms with Crippen LogP contribution in [-0.2, 0) is 0 Å². The predicted octanol–water partition coefficient (Wildman–Crippen LogP) is 4.86. The number of pyridine rings is 1. The van der Waals surface area contributed by atoms with Crippen LogP contribution in [-0.4, -0.2) is 11.0 Å². The van der Waals surface area contributed by atoms with Gasteiger partial charge >= 0.3 is 0 Å². The molecule has 1 aromatic rings. The van der Waals surface area contributed by atoms with Crippen molar-refractivity contribution in [2.24, 2.45) is 11.3 Å². The average Bonchev–Trinajstić information content (AvgIpc) is 2.28. The molecule has 1 N–H and O–H groups in total. The molecule has 2 atom stereocenters. The van der Waals surface area contributed by atoms with E-state index in [9.17, 15) is 0 Å². The molecule has 0 aliphatic heterocycles. The molecule has 2 rings (SSSR count). The maximum absolute atomic E-state index is 4.23. The molecule has 1 aromatic heterocycles. The highest BCUT2D eigenvalue weighted by atomic mass is 79.9. The topological polar surface area (TPSA) is 24.9 Å². The summed E-state index contributed by atoms with van der Waals surface area (Å²) in [6.45, 7) is 7.07.